The zero-order valence-electron chi connectivity index (χ0n) is 54.3. The molecule has 498 valence electrons. The Kier molecular flexibility index (Phi) is 25.5. The van der Waals surface area contributed by atoms with Gasteiger partial charge in [-0.1, -0.05) is 15.9 Å². The van der Waals surface area contributed by atoms with Crippen molar-refractivity contribution in [3.8, 4) is 45.6 Å². The standard InChI is InChI=1S/C18H16N2O4.C15H21BO5.2C9H7BrN2O.C9H9BrO3.C8H5BrN2O/c1-20-9-14(12-4-5-19-8-13(12)18(20)22)11-6-16(23-2)15(10-21)17(7-11)24-3;1-14(2)15(3,4)21-16(20-14)10-7-12(18-5)11(9-17)13(8-10)19-6;2*1-12-5-8(10)6-2-3-11-4-7(6)9(12)13;1-12-8-3-6(10)4-9(13-2)7(8)5-11;9-7-4-11-8(12)6-3-10-2-1-5(6)7/h4-10H,1-3H3;7-9H,1-6H3;2*2-5H,1H3;3-5H,1-2H3;1-4H,(H,11,12). The van der Waals surface area contributed by atoms with Gasteiger partial charge >= 0.3 is 7.12 Å². The minimum atomic E-state index is -0.529. The number of carbonyl (C=O) groups excluding carboxylic acids is 3. The summed E-state index contributed by atoms with van der Waals surface area (Å²) < 4.78 is 51.3. The summed E-state index contributed by atoms with van der Waals surface area (Å²) in [5, 5.41) is 5.86. The van der Waals surface area contributed by atoms with E-state index in [9.17, 15) is 33.6 Å². The molecule has 9 heterocycles. The van der Waals surface area contributed by atoms with Gasteiger partial charge in [0.15, 0.2) is 18.9 Å². The number of aryl methyl sites for hydroxylation is 3. The first-order chi connectivity index (χ1) is 45.8. The van der Waals surface area contributed by atoms with Crippen LogP contribution in [0.5, 0.6) is 34.5 Å². The van der Waals surface area contributed by atoms with E-state index >= 15 is 0 Å². The number of methoxy groups -OCH3 is 6. The molecule has 8 aromatic heterocycles. The lowest BCUT2D eigenvalue weighted by molar-refractivity contribution is 0.00578. The van der Waals surface area contributed by atoms with Gasteiger partial charge in [-0.05, 0) is 153 Å². The predicted octanol–water partition coefficient (Wildman–Crippen LogP) is 11.6. The molecule has 0 radical (unpaired) electrons. The highest BCUT2D eigenvalue weighted by Gasteiger charge is 2.52. The number of hydrogen-bond donors (Lipinski definition) is 1. The molecule has 12 rings (SSSR count). The maximum absolute atomic E-state index is 12.3. The molecule has 0 amide bonds. The summed E-state index contributed by atoms with van der Waals surface area (Å²) in [4.78, 5) is 98.2. The van der Waals surface area contributed by atoms with Crippen LogP contribution in [0, 0.1) is 0 Å². The van der Waals surface area contributed by atoms with Crippen LogP contribution in [0.4, 0.5) is 0 Å². The van der Waals surface area contributed by atoms with E-state index in [0.717, 1.165) is 56.0 Å². The van der Waals surface area contributed by atoms with E-state index in [-0.39, 0.29) is 22.2 Å². The van der Waals surface area contributed by atoms with Crippen LogP contribution >= 0.6 is 63.7 Å². The van der Waals surface area contributed by atoms with Gasteiger partial charge in [-0.25, -0.2) is 0 Å². The van der Waals surface area contributed by atoms with Crippen molar-refractivity contribution in [1.82, 2.24) is 38.6 Å². The maximum atomic E-state index is 12.3. The third kappa shape index (κ3) is 16.7. The van der Waals surface area contributed by atoms with Gasteiger partial charge in [-0.15, -0.1) is 0 Å². The number of ether oxygens (including phenoxy) is 6. The van der Waals surface area contributed by atoms with Gasteiger partial charge in [0.1, 0.15) is 34.5 Å². The molecule has 28 heteroatoms. The molecule has 1 saturated heterocycles. The molecule has 1 fully saturated rings. The molecular formula is C68H65BBr4N8O15. The van der Waals surface area contributed by atoms with Crippen molar-refractivity contribution in [3.63, 3.8) is 0 Å². The number of benzene rings is 3. The molecule has 0 aliphatic carbocycles. The lowest BCUT2D eigenvalue weighted by atomic mass is 9.78. The van der Waals surface area contributed by atoms with E-state index < -0.39 is 18.3 Å². The average Bonchev–Trinajstić information content (AvgIpc) is 1.39. The second kappa shape index (κ2) is 33.0. The van der Waals surface area contributed by atoms with Crippen LogP contribution in [0.1, 0.15) is 58.8 Å². The molecule has 0 saturated carbocycles. The van der Waals surface area contributed by atoms with E-state index in [1.54, 1.807) is 144 Å². The van der Waals surface area contributed by atoms with E-state index in [0.29, 0.717) is 91.6 Å². The van der Waals surface area contributed by atoms with Gasteiger partial charge in [0.05, 0.1) is 92.1 Å². The Hall–Kier alpha value is -9.19. The molecule has 0 unspecified atom stereocenters. The molecule has 96 heavy (non-hydrogen) atoms. The first-order valence-corrected chi connectivity index (χ1v) is 31.8. The van der Waals surface area contributed by atoms with Crippen molar-refractivity contribution >= 4 is 138 Å². The quantitative estimate of drug-likeness (QED) is 0.0930. The summed E-state index contributed by atoms with van der Waals surface area (Å²) in [7, 11) is 13.6. The number of aromatic amines is 1. The van der Waals surface area contributed by atoms with E-state index in [1.807, 2.05) is 39.8 Å². The molecule has 1 N–H and O–H groups in total. The largest absolute Gasteiger partial charge is 0.496 e. The number of halogens is 4. The number of hydrogen-bond acceptors (Lipinski definition) is 19. The molecule has 1 aliphatic heterocycles. The van der Waals surface area contributed by atoms with Crippen molar-refractivity contribution in [2.24, 2.45) is 21.1 Å². The van der Waals surface area contributed by atoms with E-state index in [2.05, 4.69) is 88.6 Å². The van der Waals surface area contributed by atoms with Crippen molar-refractivity contribution < 1.29 is 52.1 Å². The number of nitrogens with one attached hydrogen (secondary N) is 1. The maximum Gasteiger partial charge on any atom is 0.495 e. The molecule has 1 aliphatic rings. The molecule has 11 aromatic rings. The highest BCUT2D eigenvalue weighted by Crippen LogP contribution is 2.39. The van der Waals surface area contributed by atoms with Crippen LogP contribution in [0.25, 0.3) is 54.2 Å². The summed E-state index contributed by atoms with van der Waals surface area (Å²) in [6.45, 7) is 7.95. The minimum Gasteiger partial charge on any atom is -0.496 e. The highest BCUT2D eigenvalue weighted by atomic mass is 79.9. The Morgan fingerprint density at radius 2 is 0.771 bits per heavy atom. The molecule has 23 nitrogen and oxygen atoms in total. The number of H-pyrrole nitrogens is 1. The fourth-order valence-electron chi connectivity index (χ4n) is 9.56. The fourth-order valence-corrected chi connectivity index (χ4v) is 11.7. The van der Waals surface area contributed by atoms with Crippen LogP contribution in [0.2, 0.25) is 0 Å². The van der Waals surface area contributed by atoms with Gasteiger partial charge in [0, 0.05) is 135 Å². The van der Waals surface area contributed by atoms with Gasteiger partial charge < -0.3 is 56.4 Å². The first-order valence-electron chi connectivity index (χ1n) is 28.6. The number of nitrogens with zero attached hydrogens (tertiary/aromatic N) is 7. The van der Waals surface area contributed by atoms with Gasteiger partial charge in [0.25, 0.3) is 22.2 Å². The van der Waals surface area contributed by atoms with Crippen molar-refractivity contribution in [1.29, 1.82) is 0 Å². The normalized spacial score (nSPS) is 12.4. The smallest absolute Gasteiger partial charge is 0.495 e. The third-order valence-electron chi connectivity index (χ3n) is 15.3. The molecule has 0 atom stereocenters. The number of pyridine rings is 8. The Morgan fingerprint density at radius 1 is 0.448 bits per heavy atom. The number of aldehydes is 3. The zero-order chi connectivity index (χ0) is 70.3. The predicted molar refractivity (Wildman–Crippen MR) is 384 cm³/mol. The van der Waals surface area contributed by atoms with Crippen LogP contribution in [-0.4, -0.2) is 118 Å². The van der Waals surface area contributed by atoms with Crippen molar-refractivity contribution in [2.45, 2.75) is 38.9 Å². The lowest BCUT2D eigenvalue weighted by Crippen LogP contribution is -2.41. The van der Waals surface area contributed by atoms with Crippen LogP contribution < -0.4 is 56.1 Å². The monoisotopic (exact) mass is 1560 g/mol. The van der Waals surface area contributed by atoms with Crippen LogP contribution in [0.15, 0.2) is 172 Å². The first kappa shape index (κ1) is 74.2. The Labute approximate surface area is 584 Å². The SMILES string of the molecule is COc1cc(-c2cn(C)c(=O)c3cnccc23)cc(OC)c1C=O.COc1cc(B2OC(C)(C)C(C)(C)O2)cc(OC)c1C=O.COc1cc(Br)cc(OC)c1C=O.Cn1cc(Br)c2ccncc2c1=O.Cn1cc(Br)c2ccncc2c1=O.O=c1[nH]cc(Br)c2ccncc12. The second-order valence-electron chi connectivity index (χ2n) is 21.7. The number of carbonyl (C=O) groups is 3. The summed E-state index contributed by atoms with van der Waals surface area (Å²) in [6, 6.07) is 17.7. The van der Waals surface area contributed by atoms with E-state index in [4.69, 9.17) is 37.7 Å². The molecule has 3 aromatic carbocycles. The summed E-state index contributed by atoms with van der Waals surface area (Å²) in [5.41, 5.74) is 2.37. The molecule has 0 bridgehead atoms. The molecule has 0 spiro atoms. The number of rotatable bonds is 11. The summed E-state index contributed by atoms with van der Waals surface area (Å²) in [6.07, 6.45) is 21.9. The Balaban J connectivity index is 0.000000166. The van der Waals surface area contributed by atoms with Gasteiger partial charge in [0.2, 0.25) is 0 Å². The Bertz CT molecular complexity index is 4760. The number of fused-ring (bicyclic) bond motifs is 4. The zero-order valence-corrected chi connectivity index (χ0v) is 60.6. The van der Waals surface area contributed by atoms with Crippen LogP contribution in [-0.2, 0) is 30.5 Å². The molecular weight excluding hydrogens is 1500 g/mol. The summed E-state index contributed by atoms with van der Waals surface area (Å²) >= 11 is 13.4. The summed E-state index contributed by atoms with van der Waals surface area (Å²) in [5.74, 6) is 2.70. The van der Waals surface area contributed by atoms with Crippen molar-refractivity contribution in [2.75, 3.05) is 42.7 Å². The van der Waals surface area contributed by atoms with Crippen molar-refractivity contribution in [3.05, 3.63) is 211 Å². The van der Waals surface area contributed by atoms with E-state index in [1.165, 1.54) is 56.4 Å². The Morgan fingerprint density at radius 3 is 1.14 bits per heavy atom. The topological polar surface area (TPSA) is 275 Å². The lowest BCUT2D eigenvalue weighted by Gasteiger charge is -2.32. The van der Waals surface area contributed by atoms with Crippen LogP contribution in [0.3, 0.4) is 0 Å². The second-order valence-corrected chi connectivity index (χ2v) is 25.2. The third-order valence-corrected chi connectivity index (χ3v) is 17.7. The minimum absolute atomic E-state index is 0.0219. The van der Waals surface area contributed by atoms with Gasteiger partial charge in [-0.2, -0.15) is 0 Å². The number of aromatic nitrogens is 8. The van der Waals surface area contributed by atoms with Gasteiger partial charge in [-0.3, -0.25) is 53.5 Å². The highest BCUT2D eigenvalue weighted by molar-refractivity contribution is 9.11. The fraction of sp³-hybridized carbons (Fsp3) is 0.221. The average molecular weight is 1560 g/mol.